The van der Waals surface area contributed by atoms with Crippen molar-refractivity contribution in [3.8, 4) is 0 Å². The maximum absolute atomic E-state index is 12.5. The van der Waals surface area contributed by atoms with E-state index in [1.165, 1.54) is 42.5 Å². The molecule has 3 N–H and O–H groups in total. The Labute approximate surface area is 136 Å². The van der Waals surface area contributed by atoms with Crippen molar-refractivity contribution in [2.75, 3.05) is 0 Å². The number of aromatic amines is 1. The van der Waals surface area contributed by atoms with Crippen LogP contribution in [0.3, 0.4) is 0 Å². The lowest BCUT2D eigenvalue weighted by molar-refractivity contribution is 0.555. The third kappa shape index (κ3) is 3.25. The number of aromatic nitrogens is 1. The van der Waals surface area contributed by atoms with Gasteiger partial charge in [0.25, 0.3) is 0 Å². The highest BCUT2D eigenvalue weighted by atomic mass is 32.2. The van der Waals surface area contributed by atoms with E-state index in [-0.39, 0.29) is 26.6 Å². The van der Waals surface area contributed by atoms with Crippen LogP contribution in [-0.4, -0.2) is 21.8 Å². The lowest BCUT2D eigenvalue weighted by Crippen LogP contribution is -2.12. The van der Waals surface area contributed by atoms with Crippen molar-refractivity contribution in [1.82, 2.24) is 4.98 Å². The van der Waals surface area contributed by atoms with E-state index in [0.29, 0.717) is 5.56 Å². The number of primary sulfonamides is 1. The summed E-state index contributed by atoms with van der Waals surface area (Å²) in [5.74, 6) is -0.996. The third-order valence-corrected chi connectivity index (χ3v) is 5.97. The zero-order valence-electron chi connectivity index (χ0n) is 12.1. The van der Waals surface area contributed by atoms with Crippen molar-refractivity contribution < 1.29 is 21.3 Å². The monoisotopic (exact) mass is 368 g/mol. The molecule has 0 radical (unpaired) electrons. The summed E-state index contributed by atoms with van der Waals surface area (Å²) in [4.78, 5) is 13.4. The van der Waals surface area contributed by atoms with E-state index >= 15 is 0 Å². The Morgan fingerprint density at radius 3 is 2.21 bits per heavy atom. The number of oxazole rings is 1. The molecule has 3 rings (SSSR count). The maximum Gasteiger partial charge on any atom is 0.417 e. The fourth-order valence-corrected chi connectivity index (χ4v) is 4.09. The van der Waals surface area contributed by atoms with E-state index in [1.54, 1.807) is 0 Å². The molecule has 0 bridgehead atoms. The lowest BCUT2D eigenvalue weighted by Gasteiger charge is -2.05. The molecule has 0 aliphatic rings. The van der Waals surface area contributed by atoms with Crippen molar-refractivity contribution in [3.05, 3.63) is 58.6 Å². The fourth-order valence-electron chi connectivity index (χ4n) is 2.20. The van der Waals surface area contributed by atoms with Crippen molar-refractivity contribution >= 4 is 31.0 Å². The van der Waals surface area contributed by atoms with Crippen LogP contribution < -0.4 is 10.9 Å². The van der Waals surface area contributed by atoms with Crippen molar-refractivity contribution in [2.45, 2.75) is 15.5 Å². The molecule has 0 atom stereocenters. The summed E-state index contributed by atoms with van der Waals surface area (Å²) >= 11 is 0. The molecule has 0 saturated carbocycles. The molecule has 8 nitrogen and oxygen atoms in total. The molecular weight excluding hydrogens is 356 g/mol. The van der Waals surface area contributed by atoms with Crippen LogP contribution in [0.25, 0.3) is 11.1 Å². The number of benzene rings is 2. The molecule has 1 heterocycles. The van der Waals surface area contributed by atoms with E-state index < -0.39 is 25.6 Å². The second-order valence-electron chi connectivity index (χ2n) is 5.12. The molecule has 0 saturated heterocycles. The quantitative estimate of drug-likeness (QED) is 0.696. The summed E-state index contributed by atoms with van der Waals surface area (Å²) in [6, 6.07) is 9.31. The van der Waals surface area contributed by atoms with Gasteiger partial charge < -0.3 is 4.42 Å². The van der Waals surface area contributed by atoms with E-state index in [0.717, 1.165) is 0 Å². The highest BCUT2D eigenvalue weighted by Gasteiger charge is 2.17. The normalized spacial score (nSPS) is 12.5. The van der Waals surface area contributed by atoms with Gasteiger partial charge in [-0.05, 0) is 35.9 Å². The number of nitrogens with one attached hydrogen (secondary N) is 1. The zero-order chi connectivity index (χ0) is 17.5. The summed E-state index contributed by atoms with van der Waals surface area (Å²) in [6.07, 6.45) is 0. The predicted octanol–water partition coefficient (Wildman–Crippen LogP) is 0.742. The molecule has 1 aromatic heterocycles. The molecule has 24 heavy (non-hydrogen) atoms. The fraction of sp³-hybridized carbons (Fsp3) is 0.0714. The molecule has 0 aliphatic heterocycles. The van der Waals surface area contributed by atoms with Crippen LogP contribution in [0.1, 0.15) is 5.56 Å². The molecule has 0 unspecified atom stereocenters. The summed E-state index contributed by atoms with van der Waals surface area (Å²) in [5, 5.41) is 5.00. The third-order valence-electron chi connectivity index (χ3n) is 3.36. The first-order chi connectivity index (χ1) is 11.1. The van der Waals surface area contributed by atoms with Gasteiger partial charge in [-0.25, -0.2) is 26.8 Å². The largest absolute Gasteiger partial charge is 0.417 e. The number of hydrogen-bond acceptors (Lipinski definition) is 6. The minimum Gasteiger partial charge on any atom is -0.408 e. The van der Waals surface area contributed by atoms with Gasteiger partial charge >= 0.3 is 5.76 Å². The Bertz CT molecular complexity index is 1170. The molecule has 0 spiro atoms. The molecule has 0 aliphatic carbocycles. The van der Waals surface area contributed by atoms with Crippen LogP contribution in [0.5, 0.6) is 0 Å². The van der Waals surface area contributed by atoms with Crippen LogP contribution >= 0.6 is 0 Å². The van der Waals surface area contributed by atoms with Gasteiger partial charge in [0, 0.05) is 0 Å². The van der Waals surface area contributed by atoms with Gasteiger partial charge in [0.05, 0.1) is 21.1 Å². The first kappa shape index (κ1) is 16.4. The van der Waals surface area contributed by atoms with Gasteiger partial charge in [0.1, 0.15) is 0 Å². The van der Waals surface area contributed by atoms with Crippen LogP contribution in [0, 0.1) is 0 Å². The SMILES string of the molecule is NS(=O)(=O)c1ccc(CS(=O)(=O)c2ccc3oc(=O)[nH]c3c2)cc1. The minimum atomic E-state index is -3.83. The zero-order valence-corrected chi connectivity index (χ0v) is 13.7. The van der Waals surface area contributed by atoms with Crippen molar-refractivity contribution in [2.24, 2.45) is 5.14 Å². The number of sulfonamides is 1. The second-order valence-corrected chi connectivity index (χ2v) is 8.67. The Kier molecular flexibility index (Phi) is 3.82. The summed E-state index contributed by atoms with van der Waals surface area (Å²) < 4.78 is 52.2. The average Bonchev–Trinajstić information content (AvgIpc) is 2.85. The van der Waals surface area contributed by atoms with Crippen LogP contribution in [-0.2, 0) is 25.6 Å². The molecule has 10 heteroatoms. The second kappa shape index (κ2) is 5.58. The minimum absolute atomic E-state index is 0.0163. The Morgan fingerprint density at radius 2 is 1.58 bits per heavy atom. The van der Waals surface area contributed by atoms with Crippen LogP contribution in [0.15, 0.2) is 61.5 Å². The van der Waals surface area contributed by atoms with Crippen molar-refractivity contribution in [3.63, 3.8) is 0 Å². The molecule has 0 amide bonds. The maximum atomic E-state index is 12.5. The number of nitrogens with two attached hydrogens (primary N) is 1. The van der Waals surface area contributed by atoms with E-state index in [1.807, 2.05) is 0 Å². The Hall–Kier alpha value is -2.43. The Balaban J connectivity index is 1.93. The number of rotatable bonds is 4. The molecule has 3 aromatic rings. The van der Waals surface area contributed by atoms with Crippen molar-refractivity contribution in [1.29, 1.82) is 0 Å². The van der Waals surface area contributed by atoms with Gasteiger partial charge in [-0.1, -0.05) is 12.1 Å². The Morgan fingerprint density at radius 1 is 0.958 bits per heavy atom. The highest BCUT2D eigenvalue weighted by molar-refractivity contribution is 7.90. The number of sulfone groups is 1. The highest BCUT2D eigenvalue weighted by Crippen LogP contribution is 2.21. The van der Waals surface area contributed by atoms with E-state index in [4.69, 9.17) is 9.56 Å². The van der Waals surface area contributed by atoms with E-state index in [9.17, 15) is 21.6 Å². The van der Waals surface area contributed by atoms with Crippen LogP contribution in [0.2, 0.25) is 0 Å². The number of hydrogen-bond donors (Lipinski definition) is 2. The number of fused-ring (bicyclic) bond motifs is 1. The summed E-state index contributed by atoms with van der Waals surface area (Å²) in [6.45, 7) is 0. The number of H-pyrrole nitrogens is 1. The molecule has 0 fully saturated rings. The molecular formula is C14H12N2O6S2. The first-order valence-electron chi connectivity index (χ1n) is 6.62. The van der Waals surface area contributed by atoms with Crippen LogP contribution in [0.4, 0.5) is 0 Å². The molecule has 2 aromatic carbocycles. The van der Waals surface area contributed by atoms with Gasteiger partial charge in [0.15, 0.2) is 15.4 Å². The lowest BCUT2D eigenvalue weighted by atomic mass is 10.2. The smallest absolute Gasteiger partial charge is 0.408 e. The van der Waals surface area contributed by atoms with Gasteiger partial charge in [-0.2, -0.15) is 0 Å². The van der Waals surface area contributed by atoms with Gasteiger partial charge in [-0.3, -0.25) is 4.98 Å². The van der Waals surface area contributed by atoms with Gasteiger partial charge in [-0.15, -0.1) is 0 Å². The van der Waals surface area contributed by atoms with E-state index in [2.05, 4.69) is 4.98 Å². The molecule has 126 valence electrons. The van der Waals surface area contributed by atoms with Gasteiger partial charge in [0.2, 0.25) is 10.0 Å². The first-order valence-corrected chi connectivity index (χ1v) is 9.82. The topological polar surface area (TPSA) is 140 Å². The predicted molar refractivity (Wildman–Crippen MR) is 85.5 cm³/mol. The summed E-state index contributed by atoms with van der Waals surface area (Å²) in [7, 11) is -7.52. The standard InChI is InChI=1S/C14H12N2O6S2/c15-24(20,21)10-3-1-9(2-4-10)8-23(18,19)11-5-6-13-12(7-11)16-14(17)22-13/h1-7H,8H2,(H,16,17)(H2,15,20,21). The summed E-state index contributed by atoms with van der Waals surface area (Å²) in [5.41, 5.74) is 0.949. The average molecular weight is 368 g/mol.